The fourth-order valence-corrected chi connectivity index (χ4v) is 2.99. The van der Waals surface area contributed by atoms with Gasteiger partial charge in [0.05, 0.1) is 0 Å². The van der Waals surface area contributed by atoms with Crippen LogP contribution in [0.15, 0.2) is 0 Å². The maximum absolute atomic E-state index is 11.6. The number of urea groups is 1. The maximum Gasteiger partial charge on any atom is 0.317 e. The van der Waals surface area contributed by atoms with Crippen LogP contribution in [0.3, 0.4) is 0 Å². The van der Waals surface area contributed by atoms with E-state index in [2.05, 4.69) is 26.1 Å². The number of hydrogen-bond donors (Lipinski definition) is 1. The fraction of sp³-hybridized carbons (Fsp3) is 0.917. The highest BCUT2D eigenvalue weighted by atomic mass is 28.2. The second kappa shape index (κ2) is 8.50. The Labute approximate surface area is 112 Å². The molecule has 5 nitrogen and oxygen atoms in total. The van der Waals surface area contributed by atoms with E-state index in [9.17, 15) is 4.79 Å². The Kier molecular flexibility index (Phi) is 7.30. The second-order valence-electron chi connectivity index (χ2n) is 4.34. The van der Waals surface area contributed by atoms with E-state index < -0.39 is 0 Å². The van der Waals surface area contributed by atoms with E-state index in [0.717, 1.165) is 25.9 Å². The normalized spacial score (nSPS) is 17.3. The van der Waals surface area contributed by atoms with Crippen molar-refractivity contribution in [2.24, 2.45) is 0 Å². The third-order valence-corrected chi connectivity index (χ3v) is 4.08. The molecule has 1 unspecified atom stereocenters. The minimum atomic E-state index is -0.173. The molecule has 1 rings (SSSR count). The lowest BCUT2D eigenvalue weighted by molar-refractivity contribution is -0.0916. The predicted molar refractivity (Wildman–Crippen MR) is 71.6 cm³/mol. The summed E-state index contributed by atoms with van der Waals surface area (Å²) < 4.78 is 11.4. The van der Waals surface area contributed by atoms with E-state index in [1.165, 1.54) is 0 Å². The van der Waals surface area contributed by atoms with E-state index in [0.29, 0.717) is 22.7 Å². The lowest BCUT2D eigenvalue weighted by Crippen LogP contribution is -2.45. The summed E-state index contributed by atoms with van der Waals surface area (Å²) in [5.41, 5.74) is 0.172. The van der Waals surface area contributed by atoms with Crippen molar-refractivity contribution in [1.29, 1.82) is 0 Å². The van der Waals surface area contributed by atoms with Gasteiger partial charge in [-0.3, -0.25) is 0 Å². The van der Waals surface area contributed by atoms with Gasteiger partial charge in [0.2, 0.25) is 0 Å². The van der Waals surface area contributed by atoms with Crippen molar-refractivity contribution in [2.45, 2.75) is 45.2 Å². The van der Waals surface area contributed by atoms with Gasteiger partial charge in [-0.1, -0.05) is 13.8 Å². The Balaban J connectivity index is 2.39. The molecule has 1 N–H and O–H groups in total. The molecule has 18 heavy (non-hydrogen) atoms. The van der Waals surface area contributed by atoms with Crippen molar-refractivity contribution in [3.63, 3.8) is 0 Å². The summed E-state index contributed by atoms with van der Waals surface area (Å²) in [6.07, 6.45) is 1.96. The third kappa shape index (κ3) is 4.95. The predicted octanol–water partition coefficient (Wildman–Crippen LogP) is 1.20. The Morgan fingerprint density at radius 3 is 2.39 bits per heavy atom. The molecule has 1 fully saturated rings. The molecular formula is C12H24N2O3Si. The van der Waals surface area contributed by atoms with Gasteiger partial charge in [0.25, 0.3) is 0 Å². The molecule has 1 heterocycles. The first-order valence-corrected chi connectivity index (χ1v) is 7.88. The van der Waals surface area contributed by atoms with Gasteiger partial charge in [-0.2, -0.15) is 0 Å². The van der Waals surface area contributed by atoms with Crippen molar-refractivity contribution < 1.29 is 14.3 Å². The van der Waals surface area contributed by atoms with Crippen molar-refractivity contribution in [3.05, 3.63) is 0 Å². The first-order chi connectivity index (χ1) is 8.69. The number of ether oxygens (including phenoxy) is 2. The average Bonchev–Trinajstić information content (AvgIpc) is 2.78. The molecule has 0 saturated carbocycles. The summed E-state index contributed by atoms with van der Waals surface area (Å²) in [5.74, 6) is -0.173. The number of rotatable bonds is 9. The summed E-state index contributed by atoms with van der Waals surface area (Å²) >= 11 is 0. The zero-order chi connectivity index (χ0) is 13.4. The smallest absolute Gasteiger partial charge is 0.317 e. The molecule has 0 aromatic carbocycles. The highest BCUT2D eigenvalue weighted by molar-refractivity contribution is 6.39. The summed E-state index contributed by atoms with van der Waals surface area (Å²) in [4.78, 5) is 13.4. The topological polar surface area (TPSA) is 50.8 Å². The molecule has 1 saturated heterocycles. The van der Waals surface area contributed by atoms with Crippen molar-refractivity contribution >= 4 is 15.6 Å². The Bertz CT molecular complexity index is 245. The molecule has 0 aromatic rings. The number of amides is 2. The number of carbonyl (C=O) groups excluding carboxylic acids is 1. The standard InChI is InChI=1S/C12H24N2O3Si/c1-4-8-16-12(17-9-5-2)18-10(3)14-7-6-13-11(14)15/h10,12H,4-9H2,1-3H3,(H,13,15). The summed E-state index contributed by atoms with van der Waals surface area (Å²) in [5, 5.41) is 2.82. The van der Waals surface area contributed by atoms with Crippen molar-refractivity contribution in [1.82, 2.24) is 10.2 Å². The molecule has 104 valence electrons. The Morgan fingerprint density at radius 2 is 1.94 bits per heavy atom. The van der Waals surface area contributed by atoms with Crippen LogP contribution in [0.2, 0.25) is 0 Å². The van der Waals surface area contributed by atoms with Crippen LogP contribution in [0, 0.1) is 0 Å². The van der Waals surface area contributed by atoms with Gasteiger partial charge in [0.15, 0.2) is 0 Å². The first-order valence-electron chi connectivity index (χ1n) is 6.72. The van der Waals surface area contributed by atoms with E-state index >= 15 is 0 Å². The zero-order valence-electron chi connectivity index (χ0n) is 11.6. The Hall–Kier alpha value is -0.593. The van der Waals surface area contributed by atoms with Crippen LogP contribution >= 0.6 is 0 Å². The van der Waals surface area contributed by atoms with Crippen LogP contribution in [0.1, 0.15) is 33.6 Å². The highest BCUT2D eigenvalue weighted by Gasteiger charge is 2.28. The third-order valence-electron chi connectivity index (χ3n) is 2.68. The largest absolute Gasteiger partial charge is 0.357 e. The molecule has 2 radical (unpaired) electrons. The van der Waals surface area contributed by atoms with Gasteiger partial charge in [0, 0.05) is 32.0 Å². The SMILES string of the molecule is CCCOC(OCCC)[Si]C(C)N1CCNC1=O. The summed E-state index contributed by atoms with van der Waals surface area (Å²) in [7, 11) is 0.457. The van der Waals surface area contributed by atoms with E-state index in [4.69, 9.17) is 9.47 Å². The van der Waals surface area contributed by atoms with Gasteiger partial charge in [0.1, 0.15) is 15.4 Å². The van der Waals surface area contributed by atoms with E-state index in [1.807, 2.05) is 4.90 Å². The monoisotopic (exact) mass is 272 g/mol. The summed E-state index contributed by atoms with van der Waals surface area (Å²) in [6, 6.07) is 0.0275. The Morgan fingerprint density at radius 1 is 1.33 bits per heavy atom. The van der Waals surface area contributed by atoms with Crippen molar-refractivity contribution in [3.8, 4) is 0 Å². The molecule has 2 amide bonds. The molecule has 0 aliphatic carbocycles. The number of nitrogens with zero attached hydrogens (tertiary/aromatic N) is 1. The van der Waals surface area contributed by atoms with Crippen LogP contribution < -0.4 is 5.32 Å². The number of nitrogens with one attached hydrogen (secondary N) is 1. The average molecular weight is 272 g/mol. The molecule has 0 spiro atoms. The minimum Gasteiger partial charge on any atom is -0.357 e. The van der Waals surface area contributed by atoms with Crippen LogP contribution in [0.4, 0.5) is 4.79 Å². The van der Waals surface area contributed by atoms with Crippen molar-refractivity contribution in [2.75, 3.05) is 26.3 Å². The fourth-order valence-electron chi connectivity index (χ4n) is 1.74. The van der Waals surface area contributed by atoms with E-state index in [1.54, 1.807) is 0 Å². The van der Waals surface area contributed by atoms with Crippen LogP contribution in [-0.2, 0) is 9.47 Å². The van der Waals surface area contributed by atoms with Crippen LogP contribution in [0.5, 0.6) is 0 Å². The second-order valence-corrected chi connectivity index (χ2v) is 5.98. The molecule has 1 aliphatic heterocycles. The van der Waals surface area contributed by atoms with Crippen LogP contribution in [-0.4, -0.2) is 58.3 Å². The lowest BCUT2D eigenvalue weighted by Gasteiger charge is -2.26. The molecule has 1 atom stereocenters. The van der Waals surface area contributed by atoms with E-state index in [-0.39, 0.29) is 17.6 Å². The van der Waals surface area contributed by atoms with Gasteiger partial charge >= 0.3 is 6.03 Å². The minimum absolute atomic E-state index is 0.0275. The number of carbonyl (C=O) groups is 1. The molecule has 0 bridgehead atoms. The quantitative estimate of drug-likeness (QED) is 0.507. The number of hydrogen-bond acceptors (Lipinski definition) is 3. The van der Waals surface area contributed by atoms with Gasteiger partial charge in [-0.25, -0.2) is 4.79 Å². The lowest BCUT2D eigenvalue weighted by atomic mass is 10.5. The zero-order valence-corrected chi connectivity index (χ0v) is 12.6. The molecule has 0 aromatic heterocycles. The van der Waals surface area contributed by atoms with Gasteiger partial charge in [-0.15, -0.1) is 0 Å². The molecule has 1 aliphatic rings. The first kappa shape index (κ1) is 15.5. The summed E-state index contributed by atoms with van der Waals surface area (Å²) in [6.45, 7) is 9.15. The maximum atomic E-state index is 11.6. The van der Waals surface area contributed by atoms with Gasteiger partial charge in [-0.05, 0) is 19.8 Å². The highest BCUT2D eigenvalue weighted by Crippen LogP contribution is 2.07. The molecular weight excluding hydrogens is 248 g/mol. The van der Waals surface area contributed by atoms with Crippen LogP contribution in [0.25, 0.3) is 0 Å². The van der Waals surface area contributed by atoms with Gasteiger partial charge < -0.3 is 19.7 Å². The molecule has 6 heteroatoms.